The Morgan fingerprint density at radius 1 is 1.24 bits per heavy atom. The van der Waals surface area contributed by atoms with Gasteiger partial charge in [0.05, 0.1) is 0 Å². The summed E-state index contributed by atoms with van der Waals surface area (Å²) in [5.74, 6) is 0.258. The van der Waals surface area contributed by atoms with E-state index in [9.17, 15) is 5.11 Å². The third-order valence-corrected chi connectivity index (χ3v) is 2.80. The molecule has 4 nitrogen and oxygen atoms in total. The highest BCUT2D eigenvalue weighted by atomic mass is 32.1. The molecule has 1 rings (SSSR count). The minimum absolute atomic E-state index is 0.258. The van der Waals surface area contributed by atoms with Crippen molar-refractivity contribution >= 4 is 23.0 Å². The molecule has 0 aliphatic carbocycles. The van der Waals surface area contributed by atoms with Crippen molar-refractivity contribution in [1.82, 2.24) is 10.2 Å². The van der Waals surface area contributed by atoms with Gasteiger partial charge >= 0.3 is 0 Å². The number of nitrogens with one attached hydrogen (secondary N) is 1. The van der Waals surface area contributed by atoms with E-state index in [1.54, 1.807) is 12.1 Å². The topological polar surface area (TPSA) is 38.7 Å². The highest BCUT2D eigenvalue weighted by Gasteiger charge is 2.06. The van der Waals surface area contributed by atoms with E-state index in [0.29, 0.717) is 5.11 Å². The summed E-state index contributed by atoms with van der Waals surface area (Å²) in [6, 6.07) is 6.95. The molecule has 0 amide bonds. The van der Waals surface area contributed by atoms with Crippen molar-refractivity contribution in [1.29, 1.82) is 0 Å². The summed E-state index contributed by atoms with van der Waals surface area (Å²) in [4.78, 5) is 3.97. The van der Waals surface area contributed by atoms with Crippen LogP contribution in [0.5, 0.6) is 5.75 Å². The van der Waals surface area contributed by atoms with Gasteiger partial charge in [0.2, 0.25) is 0 Å². The van der Waals surface area contributed by atoms with Crippen molar-refractivity contribution in [3.63, 3.8) is 0 Å². The van der Waals surface area contributed by atoms with Gasteiger partial charge in [-0.2, -0.15) is 0 Å². The zero-order valence-electron chi connectivity index (χ0n) is 10.5. The number of likely N-dealkylation sites (N-methyl/N-ethyl adjacent to an activating group) is 1. The Balaban J connectivity index is 2.49. The molecule has 0 fully saturated rings. The first kappa shape index (κ1) is 13.7. The molecule has 5 heteroatoms. The number of anilines is 1. The number of thiocarbonyl (C=S) groups is 1. The SMILES string of the molecule is CN(C)CCNC(=S)N(C)c1ccc(O)cc1. The number of hydrogen-bond acceptors (Lipinski definition) is 3. The van der Waals surface area contributed by atoms with Crippen LogP contribution in [0.1, 0.15) is 0 Å². The highest BCUT2D eigenvalue weighted by molar-refractivity contribution is 7.80. The molecule has 0 aliphatic rings. The van der Waals surface area contributed by atoms with Crippen molar-refractivity contribution in [3.8, 4) is 5.75 Å². The van der Waals surface area contributed by atoms with Gasteiger partial charge in [0, 0.05) is 25.8 Å². The van der Waals surface area contributed by atoms with E-state index >= 15 is 0 Å². The molecule has 0 radical (unpaired) electrons. The zero-order chi connectivity index (χ0) is 12.8. The standard InChI is InChI=1S/C12H19N3OS/c1-14(2)9-8-13-12(17)15(3)10-4-6-11(16)7-5-10/h4-7,16H,8-9H2,1-3H3,(H,13,17). The van der Waals surface area contributed by atoms with Crippen LogP contribution in [-0.2, 0) is 0 Å². The monoisotopic (exact) mass is 253 g/mol. The molecule has 0 spiro atoms. The zero-order valence-corrected chi connectivity index (χ0v) is 11.3. The number of phenols is 1. The Morgan fingerprint density at radius 2 is 1.82 bits per heavy atom. The van der Waals surface area contributed by atoms with Crippen molar-refractivity contribution in [2.45, 2.75) is 0 Å². The van der Waals surface area contributed by atoms with Gasteiger partial charge in [0.1, 0.15) is 5.75 Å². The quantitative estimate of drug-likeness (QED) is 0.791. The van der Waals surface area contributed by atoms with Crippen molar-refractivity contribution < 1.29 is 5.11 Å². The average molecular weight is 253 g/mol. The molecule has 1 aromatic rings. The molecule has 0 saturated heterocycles. The van der Waals surface area contributed by atoms with E-state index in [1.807, 2.05) is 38.2 Å². The predicted molar refractivity (Wildman–Crippen MR) is 75.7 cm³/mol. The van der Waals surface area contributed by atoms with Gasteiger partial charge in [-0.25, -0.2) is 0 Å². The normalized spacial score (nSPS) is 10.4. The molecule has 0 atom stereocenters. The van der Waals surface area contributed by atoms with Gasteiger partial charge < -0.3 is 20.2 Å². The highest BCUT2D eigenvalue weighted by Crippen LogP contribution is 2.17. The first-order valence-electron chi connectivity index (χ1n) is 5.46. The lowest BCUT2D eigenvalue weighted by Crippen LogP contribution is -2.40. The fourth-order valence-corrected chi connectivity index (χ4v) is 1.51. The number of hydrogen-bond donors (Lipinski definition) is 2. The number of phenolic OH excluding ortho intramolecular Hbond substituents is 1. The second-order valence-electron chi connectivity index (χ2n) is 4.11. The lowest BCUT2D eigenvalue weighted by Gasteiger charge is -2.22. The van der Waals surface area contributed by atoms with Gasteiger partial charge in [0.15, 0.2) is 5.11 Å². The van der Waals surface area contributed by atoms with Gasteiger partial charge in [-0.1, -0.05) is 0 Å². The van der Waals surface area contributed by atoms with E-state index in [2.05, 4.69) is 10.2 Å². The number of benzene rings is 1. The molecule has 94 valence electrons. The fraction of sp³-hybridized carbons (Fsp3) is 0.417. The van der Waals surface area contributed by atoms with Crippen LogP contribution in [0.3, 0.4) is 0 Å². The van der Waals surface area contributed by atoms with Crippen LogP contribution in [0.15, 0.2) is 24.3 Å². The Kier molecular flexibility index (Phi) is 5.18. The van der Waals surface area contributed by atoms with Gasteiger partial charge in [-0.15, -0.1) is 0 Å². The molecular weight excluding hydrogens is 234 g/mol. The molecule has 0 aromatic heterocycles. The first-order valence-corrected chi connectivity index (χ1v) is 5.87. The maximum Gasteiger partial charge on any atom is 0.173 e. The second-order valence-corrected chi connectivity index (χ2v) is 4.50. The van der Waals surface area contributed by atoms with Crippen molar-refractivity contribution in [3.05, 3.63) is 24.3 Å². The first-order chi connectivity index (χ1) is 8.00. The summed E-state index contributed by atoms with van der Waals surface area (Å²) < 4.78 is 0. The van der Waals surface area contributed by atoms with Crippen LogP contribution in [0.25, 0.3) is 0 Å². The Morgan fingerprint density at radius 3 is 2.35 bits per heavy atom. The molecule has 0 heterocycles. The molecular formula is C12H19N3OS. The third kappa shape index (κ3) is 4.58. The summed E-state index contributed by atoms with van der Waals surface area (Å²) in [6.07, 6.45) is 0. The van der Waals surface area contributed by atoms with E-state index < -0.39 is 0 Å². The third-order valence-electron chi connectivity index (χ3n) is 2.38. The van der Waals surface area contributed by atoms with Crippen LogP contribution in [-0.4, -0.2) is 49.4 Å². The molecule has 0 bridgehead atoms. The van der Waals surface area contributed by atoms with Gasteiger partial charge in [0.25, 0.3) is 0 Å². The summed E-state index contributed by atoms with van der Waals surface area (Å²) in [5, 5.41) is 13.1. The fourth-order valence-electron chi connectivity index (χ4n) is 1.30. The number of aromatic hydroxyl groups is 1. The molecule has 17 heavy (non-hydrogen) atoms. The summed E-state index contributed by atoms with van der Waals surface area (Å²) in [6.45, 7) is 1.75. The Bertz CT molecular complexity index is 365. The van der Waals surface area contributed by atoms with E-state index in [4.69, 9.17) is 12.2 Å². The second kappa shape index (κ2) is 6.42. The van der Waals surface area contributed by atoms with Crippen LogP contribution >= 0.6 is 12.2 Å². The van der Waals surface area contributed by atoms with Crippen LogP contribution in [0.2, 0.25) is 0 Å². The van der Waals surface area contributed by atoms with Gasteiger partial charge in [-0.3, -0.25) is 0 Å². The molecule has 1 aromatic carbocycles. The average Bonchev–Trinajstić information content (AvgIpc) is 2.28. The van der Waals surface area contributed by atoms with E-state index in [-0.39, 0.29) is 5.75 Å². The molecule has 0 aliphatic heterocycles. The predicted octanol–water partition coefficient (Wildman–Crippen LogP) is 1.26. The summed E-state index contributed by atoms with van der Waals surface area (Å²) in [5.41, 5.74) is 0.949. The summed E-state index contributed by atoms with van der Waals surface area (Å²) >= 11 is 5.28. The maximum absolute atomic E-state index is 9.21. The minimum atomic E-state index is 0.258. The lowest BCUT2D eigenvalue weighted by atomic mass is 10.3. The molecule has 0 saturated carbocycles. The Hall–Kier alpha value is -1.33. The van der Waals surface area contributed by atoms with Crippen LogP contribution < -0.4 is 10.2 Å². The van der Waals surface area contributed by atoms with Crippen LogP contribution in [0, 0.1) is 0 Å². The lowest BCUT2D eigenvalue weighted by molar-refractivity contribution is 0.413. The molecule has 0 unspecified atom stereocenters. The number of nitrogens with zero attached hydrogens (tertiary/aromatic N) is 2. The summed E-state index contributed by atoms with van der Waals surface area (Å²) in [7, 11) is 5.94. The number of rotatable bonds is 4. The van der Waals surface area contributed by atoms with Gasteiger partial charge in [-0.05, 0) is 50.6 Å². The Labute approximate surface area is 108 Å². The van der Waals surface area contributed by atoms with Crippen molar-refractivity contribution in [2.75, 3.05) is 39.1 Å². The molecule has 2 N–H and O–H groups in total. The minimum Gasteiger partial charge on any atom is -0.508 e. The van der Waals surface area contributed by atoms with Crippen LogP contribution in [0.4, 0.5) is 5.69 Å². The van der Waals surface area contributed by atoms with E-state index in [1.165, 1.54) is 0 Å². The van der Waals surface area contributed by atoms with Crippen molar-refractivity contribution in [2.24, 2.45) is 0 Å². The smallest absolute Gasteiger partial charge is 0.173 e. The largest absolute Gasteiger partial charge is 0.508 e. The maximum atomic E-state index is 9.21. The van der Waals surface area contributed by atoms with E-state index in [0.717, 1.165) is 18.8 Å².